The van der Waals surface area contributed by atoms with Crippen LogP contribution in [0.2, 0.25) is 0 Å². The summed E-state index contributed by atoms with van der Waals surface area (Å²) >= 11 is 0. The molecule has 0 unspecified atom stereocenters. The van der Waals surface area contributed by atoms with Gasteiger partial charge in [-0.2, -0.15) is 5.21 Å². The summed E-state index contributed by atoms with van der Waals surface area (Å²) in [6, 6.07) is 11.7. The molecule has 11 heteroatoms. The Hall–Kier alpha value is -3.89. The van der Waals surface area contributed by atoms with Gasteiger partial charge in [0.2, 0.25) is 5.95 Å². The number of fused-ring (bicyclic) bond motifs is 1. The first-order chi connectivity index (χ1) is 18.6. The molecule has 2 N–H and O–H groups in total. The van der Waals surface area contributed by atoms with Crippen molar-refractivity contribution >= 4 is 42.1 Å². The van der Waals surface area contributed by atoms with E-state index in [0.29, 0.717) is 34.9 Å². The first kappa shape index (κ1) is 26.7. The second kappa shape index (κ2) is 10.7. The average molecular weight is 526 g/mol. The lowest BCUT2D eigenvalue weighted by atomic mass is 9.71. The lowest BCUT2D eigenvalue weighted by Gasteiger charge is -2.41. The summed E-state index contributed by atoms with van der Waals surface area (Å²) in [6.45, 7) is 7.60. The molecule has 0 bridgehead atoms. The molecule has 1 amide bonds. The van der Waals surface area contributed by atoms with Crippen LogP contribution in [0.4, 0.5) is 11.9 Å². The summed E-state index contributed by atoms with van der Waals surface area (Å²) in [5.41, 5.74) is 4.14. The Morgan fingerprint density at radius 1 is 1.18 bits per heavy atom. The third-order valence-electron chi connectivity index (χ3n) is 8.00. The van der Waals surface area contributed by atoms with Crippen LogP contribution in [-0.4, -0.2) is 57.1 Å². The normalized spacial score (nSPS) is 17.8. The van der Waals surface area contributed by atoms with Gasteiger partial charge in [-0.1, -0.05) is 43.5 Å². The number of H-pyrrole nitrogens is 1. The molecule has 2 aromatic heterocycles. The van der Waals surface area contributed by atoms with E-state index < -0.39 is 0 Å². The predicted octanol–water partition coefficient (Wildman–Crippen LogP) is 3.75. The highest BCUT2D eigenvalue weighted by Gasteiger charge is 2.33. The van der Waals surface area contributed by atoms with Gasteiger partial charge in [0.25, 0.3) is 11.9 Å². The maximum Gasteiger partial charge on any atom is 0.270 e. The SMILES string of the molecule is [B]c1cc(C(=O)Nc2nn[nH]n2)ccc1CN(c1nc2cc(OC)ccc2n1C)C1CCC(C(C)(C)C)CC1. The van der Waals surface area contributed by atoms with Gasteiger partial charge < -0.3 is 14.2 Å². The summed E-state index contributed by atoms with van der Waals surface area (Å²) in [7, 11) is 10.2. The number of aryl methyl sites for hydroxylation is 1. The Kier molecular flexibility index (Phi) is 7.33. The van der Waals surface area contributed by atoms with E-state index >= 15 is 0 Å². The largest absolute Gasteiger partial charge is 0.497 e. The van der Waals surface area contributed by atoms with Crippen molar-refractivity contribution < 1.29 is 9.53 Å². The minimum atomic E-state index is -0.351. The van der Waals surface area contributed by atoms with Gasteiger partial charge in [-0.25, -0.2) is 4.98 Å². The van der Waals surface area contributed by atoms with Crippen molar-refractivity contribution in [2.75, 3.05) is 17.3 Å². The zero-order chi connectivity index (χ0) is 27.7. The van der Waals surface area contributed by atoms with E-state index in [2.05, 4.69) is 63.2 Å². The van der Waals surface area contributed by atoms with Gasteiger partial charge in [-0.3, -0.25) is 10.1 Å². The summed E-state index contributed by atoms with van der Waals surface area (Å²) in [5, 5.41) is 15.9. The van der Waals surface area contributed by atoms with Crippen LogP contribution in [0.5, 0.6) is 5.75 Å². The number of nitrogens with one attached hydrogen (secondary N) is 2. The number of tetrazole rings is 1. The number of aromatic amines is 1. The molecular weight excluding hydrogens is 491 g/mol. The standard InChI is InChI=1S/C28H35BN8O2/c1-28(2,3)19-8-10-20(11-9-19)37(27-30-23-15-21(39-5)12-13-24(23)36(27)4)16-18-7-6-17(14-22(18)29)25(38)31-26-32-34-35-33-26/h6-7,12-15,19-20H,8-11,16H2,1-5H3,(H2,31,32,33,34,35,38). The molecule has 0 atom stereocenters. The number of nitrogens with zero attached hydrogens (tertiary/aromatic N) is 6. The van der Waals surface area contributed by atoms with Crippen molar-refractivity contribution in [3.63, 3.8) is 0 Å². The van der Waals surface area contributed by atoms with E-state index in [1.807, 2.05) is 24.3 Å². The summed E-state index contributed by atoms with van der Waals surface area (Å²) in [4.78, 5) is 20.1. The van der Waals surface area contributed by atoms with Crippen LogP contribution in [0.1, 0.15) is 62.4 Å². The minimum absolute atomic E-state index is 0.109. The molecule has 0 saturated heterocycles. The Morgan fingerprint density at radius 2 is 1.95 bits per heavy atom. The summed E-state index contributed by atoms with van der Waals surface area (Å²) in [6.07, 6.45) is 4.51. The van der Waals surface area contributed by atoms with Gasteiger partial charge in [-0.15, -0.1) is 5.10 Å². The molecular formula is C28H35BN8O2. The monoisotopic (exact) mass is 526 g/mol. The van der Waals surface area contributed by atoms with E-state index in [-0.39, 0.29) is 11.9 Å². The molecule has 0 spiro atoms. The number of methoxy groups -OCH3 is 1. The van der Waals surface area contributed by atoms with E-state index in [0.717, 1.165) is 41.1 Å². The molecule has 10 nitrogen and oxygen atoms in total. The molecule has 1 aliphatic carbocycles. The van der Waals surface area contributed by atoms with Crippen LogP contribution >= 0.6 is 0 Å². The topological polar surface area (TPSA) is 114 Å². The number of carbonyl (C=O) groups is 1. The molecule has 1 saturated carbocycles. The van der Waals surface area contributed by atoms with Crippen LogP contribution in [0.15, 0.2) is 36.4 Å². The number of anilines is 2. The van der Waals surface area contributed by atoms with Crippen molar-refractivity contribution in [2.24, 2.45) is 18.4 Å². The number of aromatic nitrogens is 6. The number of carbonyl (C=O) groups excluding carboxylic acids is 1. The molecule has 2 radical (unpaired) electrons. The molecule has 1 fully saturated rings. The average Bonchev–Trinajstić information content (AvgIpc) is 3.54. The number of rotatable bonds is 7. The van der Waals surface area contributed by atoms with Gasteiger partial charge in [0.1, 0.15) is 13.6 Å². The number of amides is 1. The first-order valence-corrected chi connectivity index (χ1v) is 13.3. The molecule has 4 aromatic rings. The fraction of sp³-hybridized carbons (Fsp3) is 0.464. The fourth-order valence-corrected chi connectivity index (χ4v) is 5.62. The van der Waals surface area contributed by atoms with Gasteiger partial charge in [0.15, 0.2) is 0 Å². The number of benzene rings is 2. The number of ether oxygens (including phenoxy) is 1. The highest BCUT2D eigenvalue weighted by Crippen LogP contribution is 2.40. The number of imidazole rings is 1. The van der Waals surface area contributed by atoms with E-state index in [1.165, 1.54) is 12.8 Å². The quantitative estimate of drug-likeness (QED) is 0.353. The smallest absolute Gasteiger partial charge is 0.270 e. The van der Waals surface area contributed by atoms with Gasteiger partial charge in [0.05, 0.1) is 18.1 Å². The Morgan fingerprint density at radius 3 is 2.59 bits per heavy atom. The predicted molar refractivity (Wildman–Crippen MR) is 153 cm³/mol. The maximum atomic E-state index is 12.7. The molecule has 0 aliphatic heterocycles. The van der Waals surface area contributed by atoms with Gasteiger partial charge >= 0.3 is 0 Å². The van der Waals surface area contributed by atoms with Crippen LogP contribution in [0, 0.1) is 11.3 Å². The van der Waals surface area contributed by atoms with Gasteiger partial charge in [0, 0.05) is 31.3 Å². The zero-order valence-corrected chi connectivity index (χ0v) is 23.2. The number of hydrogen-bond acceptors (Lipinski definition) is 7. The van der Waals surface area contributed by atoms with Crippen molar-refractivity contribution in [3.05, 3.63) is 47.5 Å². The maximum absolute atomic E-state index is 12.7. The lowest BCUT2D eigenvalue weighted by molar-refractivity contribution is 0.102. The molecule has 5 rings (SSSR count). The Labute approximate surface area is 229 Å². The number of hydrogen-bond donors (Lipinski definition) is 2. The van der Waals surface area contributed by atoms with E-state index in [4.69, 9.17) is 17.6 Å². The second-order valence-electron chi connectivity index (χ2n) is 11.4. The Bertz CT molecular complexity index is 1450. The Balaban J connectivity index is 1.45. The van der Waals surface area contributed by atoms with Crippen molar-refractivity contribution in [1.82, 2.24) is 30.2 Å². The summed E-state index contributed by atoms with van der Waals surface area (Å²) in [5.74, 6) is 2.14. The molecule has 39 heavy (non-hydrogen) atoms. The fourth-order valence-electron chi connectivity index (χ4n) is 5.62. The molecule has 1 aliphatic rings. The molecule has 2 heterocycles. The first-order valence-electron chi connectivity index (χ1n) is 13.3. The van der Waals surface area contributed by atoms with Crippen molar-refractivity contribution in [3.8, 4) is 5.75 Å². The van der Waals surface area contributed by atoms with E-state index in [1.54, 1.807) is 19.2 Å². The molecule has 2 aromatic carbocycles. The second-order valence-corrected chi connectivity index (χ2v) is 11.4. The van der Waals surface area contributed by atoms with E-state index in [9.17, 15) is 4.79 Å². The van der Waals surface area contributed by atoms with Crippen LogP contribution in [0.3, 0.4) is 0 Å². The summed E-state index contributed by atoms with van der Waals surface area (Å²) < 4.78 is 7.59. The van der Waals surface area contributed by atoms with Crippen LogP contribution in [-0.2, 0) is 13.6 Å². The lowest BCUT2D eigenvalue weighted by Crippen LogP contribution is -2.41. The highest BCUT2D eigenvalue weighted by molar-refractivity contribution is 6.34. The minimum Gasteiger partial charge on any atom is -0.497 e. The van der Waals surface area contributed by atoms with Gasteiger partial charge in [-0.05, 0) is 66.0 Å². The van der Waals surface area contributed by atoms with Crippen molar-refractivity contribution in [2.45, 2.75) is 59.0 Å². The van der Waals surface area contributed by atoms with Crippen LogP contribution < -0.4 is 20.4 Å². The molecule has 202 valence electrons. The van der Waals surface area contributed by atoms with Crippen molar-refractivity contribution in [1.29, 1.82) is 0 Å². The van der Waals surface area contributed by atoms with Crippen LogP contribution in [0.25, 0.3) is 11.0 Å². The third kappa shape index (κ3) is 5.62. The zero-order valence-electron chi connectivity index (χ0n) is 23.2. The third-order valence-corrected chi connectivity index (χ3v) is 8.00. The highest BCUT2D eigenvalue weighted by atomic mass is 16.5.